The molecule has 0 saturated carbocycles. The fourth-order valence-corrected chi connectivity index (χ4v) is 2.06. The van der Waals surface area contributed by atoms with E-state index >= 15 is 0 Å². The third-order valence-electron chi connectivity index (χ3n) is 3.49. The van der Waals surface area contributed by atoms with E-state index in [0.717, 1.165) is 5.69 Å². The predicted octanol–water partition coefficient (Wildman–Crippen LogP) is 1.59. The topological polar surface area (TPSA) is 88.3 Å². The summed E-state index contributed by atoms with van der Waals surface area (Å²) in [6, 6.07) is 6.68. The van der Waals surface area contributed by atoms with Gasteiger partial charge in [-0.1, -0.05) is 12.1 Å². The van der Waals surface area contributed by atoms with Crippen molar-refractivity contribution in [2.45, 2.75) is 26.3 Å². The van der Waals surface area contributed by atoms with Gasteiger partial charge in [0.1, 0.15) is 6.54 Å². The summed E-state index contributed by atoms with van der Waals surface area (Å²) in [5, 5.41) is 16.6. The van der Waals surface area contributed by atoms with Gasteiger partial charge in [0.15, 0.2) is 0 Å². The maximum atomic E-state index is 12.5. The molecule has 22 heavy (non-hydrogen) atoms. The van der Waals surface area contributed by atoms with E-state index in [2.05, 4.69) is 10.3 Å². The second-order valence-corrected chi connectivity index (χ2v) is 4.98. The minimum absolute atomic E-state index is 0.140. The van der Waals surface area contributed by atoms with Gasteiger partial charge in [0.25, 0.3) is 5.91 Å². The lowest BCUT2D eigenvalue weighted by Crippen LogP contribution is -2.41. The Kier molecular flexibility index (Phi) is 4.88. The first-order valence-corrected chi connectivity index (χ1v) is 7.02. The van der Waals surface area contributed by atoms with Crippen LogP contribution in [-0.2, 0) is 4.79 Å². The van der Waals surface area contributed by atoms with E-state index in [0.29, 0.717) is 12.0 Å². The number of rotatable bonds is 6. The molecule has 1 N–H and O–H groups in total. The smallest absolute Gasteiger partial charge is 0.323 e. The number of hydrogen-bond donors (Lipinski definition) is 1. The van der Waals surface area contributed by atoms with E-state index in [1.807, 2.05) is 13.8 Å². The number of aromatic nitrogens is 3. The largest absolute Gasteiger partial charge is 0.480 e. The molecular formula is C15H18N4O3. The quantitative estimate of drug-likeness (QED) is 0.875. The molecule has 0 aliphatic heterocycles. The molecule has 7 nitrogen and oxygen atoms in total. The van der Waals surface area contributed by atoms with Gasteiger partial charge >= 0.3 is 5.97 Å². The van der Waals surface area contributed by atoms with Crippen LogP contribution >= 0.6 is 0 Å². The van der Waals surface area contributed by atoms with Crippen LogP contribution in [0.4, 0.5) is 0 Å². The first-order valence-electron chi connectivity index (χ1n) is 7.02. The Hall–Kier alpha value is -2.70. The van der Waals surface area contributed by atoms with Crippen molar-refractivity contribution in [3.05, 3.63) is 42.2 Å². The lowest BCUT2D eigenvalue weighted by molar-refractivity contribution is -0.138. The van der Waals surface area contributed by atoms with Crippen LogP contribution in [0.15, 0.2) is 36.7 Å². The van der Waals surface area contributed by atoms with Crippen LogP contribution in [0, 0.1) is 0 Å². The highest BCUT2D eigenvalue weighted by Gasteiger charge is 2.22. The average molecular weight is 302 g/mol. The second kappa shape index (κ2) is 6.84. The number of aliphatic carboxylic acids is 1. The summed E-state index contributed by atoms with van der Waals surface area (Å²) >= 11 is 0. The van der Waals surface area contributed by atoms with Gasteiger partial charge in [-0.25, -0.2) is 4.68 Å². The number of hydrogen-bond acceptors (Lipinski definition) is 4. The highest BCUT2D eigenvalue weighted by molar-refractivity contribution is 5.96. The molecule has 0 fully saturated rings. The molecule has 1 heterocycles. The van der Waals surface area contributed by atoms with Gasteiger partial charge in [0, 0.05) is 11.6 Å². The molecule has 0 radical (unpaired) electrons. The zero-order chi connectivity index (χ0) is 16.1. The van der Waals surface area contributed by atoms with Crippen molar-refractivity contribution in [2.75, 3.05) is 6.54 Å². The number of carbonyl (C=O) groups excluding carboxylic acids is 1. The molecule has 1 aromatic heterocycles. The van der Waals surface area contributed by atoms with Crippen molar-refractivity contribution < 1.29 is 14.7 Å². The second-order valence-electron chi connectivity index (χ2n) is 4.98. The van der Waals surface area contributed by atoms with Gasteiger partial charge in [0.05, 0.1) is 18.1 Å². The molecule has 1 aromatic carbocycles. The van der Waals surface area contributed by atoms with Crippen LogP contribution in [-0.4, -0.2) is 49.5 Å². The Morgan fingerprint density at radius 1 is 1.32 bits per heavy atom. The number of nitrogens with zero attached hydrogens (tertiary/aromatic N) is 4. The first-order chi connectivity index (χ1) is 10.5. The molecule has 0 bridgehead atoms. The summed E-state index contributed by atoms with van der Waals surface area (Å²) in [7, 11) is 0. The van der Waals surface area contributed by atoms with Crippen molar-refractivity contribution in [1.82, 2.24) is 19.9 Å². The molecule has 0 saturated heterocycles. The lowest BCUT2D eigenvalue weighted by Gasteiger charge is -2.27. The van der Waals surface area contributed by atoms with Crippen LogP contribution in [0.2, 0.25) is 0 Å². The van der Waals surface area contributed by atoms with Crippen molar-refractivity contribution in [3.63, 3.8) is 0 Å². The van der Waals surface area contributed by atoms with Crippen molar-refractivity contribution >= 4 is 11.9 Å². The van der Waals surface area contributed by atoms with Crippen LogP contribution in [0.1, 0.15) is 30.6 Å². The number of carboxylic acid groups (broad SMARTS) is 1. The molecule has 7 heteroatoms. The molecule has 116 valence electrons. The first kappa shape index (κ1) is 15.7. The summed E-state index contributed by atoms with van der Waals surface area (Å²) in [6.45, 7) is 3.45. The zero-order valence-electron chi connectivity index (χ0n) is 12.5. The van der Waals surface area contributed by atoms with E-state index in [9.17, 15) is 9.59 Å². The third kappa shape index (κ3) is 3.49. The summed E-state index contributed by atoms with van der Waals surface area (Å²) in [6.07, 6.45) is 3.96. The van der Waals surface area contributed by atoms with Crippen LogP contribution in [0.25, 0.3) is 5.69 Å². The van der Waals surface area contributed by atoms with Crippen LogP contribution in [0.5, 0.6) is 0 Å². The van der Waals surface area contributed by atoms with Gasteiger partial charge in [0.2, 0.25) is 0 Å². The monoisotopic (exact) mass is 302 g/mol. The maximum Gasteiger partial charge on any atom is 0.323 e. The Balaban J connectivity index is 2.21. The number of amides is 1. The van der Waals surface area contributed by atoms with E-state index in [-0.39, 0.29) is 18.5 Å². The average Bonchev–Trinajstić information content (AvgIpc) is 3.05. The highest BCUT2D eigenvalue weighted by Crippen LogP contribution is 2.13. The Morgan fingerprint density at radius 2 is 2.00 bits per heavy atom. The SMILES string of the molecule is CCC(C)N(CC(=O)O)C(=O)c1ccc(-n2ccnn2)cc1. The standard InChI is InChI=1S/C15H18N4O3/c1-3-11(2)18(10-14(20)21)15(22)12-4-6-13(7-5-12)19-9-8-16-17-19/h4-9,11H,3,10H2,1-2H3,(H,20,21). The minimum Gasteiger partial charge on any atom is -0.480 e. The zero-order valence-corrected chi connectivity index (χ0v) is 12.5. The molecular weight excluding hydrogens is 284 g/mol. The number of carboxylic acids is 1. The number of carbonyl (C=O) groups is 2. The fraction of sp³-hybridized carbons (Fsp3) is 0.333. The van der Waals surface area contributed by atoms with Gasteiger partial charge in [-0.05, 0) is 37.6 Å². The van der Waals surface area contributed by atoms with E-state index in [4.69, 9.17) is 5.11 Å². The molecule has 1 unspecified atom stereocenters. The van der Waals surface area contributed by atoms with Gasteiger partial charge in [-0.15, -0.1) is 5.10 Å². The molecule has 1 amide bonds. The van der Waals surface area contributed by atoms with Gasteiger partial charge in [-0.3, -0.25) is 9.59 Å². The highest BCUT2D eigenvalue weighted by atomic mass is 16.4. The molecule has 2 aromatic rings. The Bertz CT molecular complexity index is 637. The minimum atomic E-state index is -1.02. The normalized spacial score (nSPS) is 11.9. The lowest BCUT2D eigenvalue weighted by atomic mass is 10.1. The van der Waals surface area contributed by atoms with Crippen LogP contribution < -0.4 is 0 Å². The summed E-state index contributed by atoms with van der Waals surface area (Å²) < 4.78 is 1.58. The molecule has 2 rings (SSSR count). The maximum absolute atomic E-state index is 12.5. The molecule has 1 atom stereocenters. The third-order valence-corrected chi connectivity index (χ3v) is 3.49. The van der Waals surface area contributed by atoms with E-state index < -0.39 is 5.97 Å². The van der Waals surface area contributed by atoms with E-state index in [1.165, 1.54) is 4.90 Å². The molecule has 0 spiro atoms. The van der Waals surface area contributed by atoms with Crippen molar-refractivity contribution in [2.24, 2.45) is 0 Å². The Labute approximate surface area is 128 Å². The van der Waals surface area contributed by atoms with Crippen molar-refractivity contribution in [1.29, 1.82) is 0 Å². The van der Waals surface area contributed by atoms with Crippen LogP contribution in [0.3, 0.4) is 0 Å². The Morgan fingerprint density at radius 3 is 2.50 bits per heavy atom. The van der Waals surface area contributed by atoms with Crippen molar-refractivity contribution in [3.8, 4) is 5.69 Å². The summed E-state index contributed by atoms with van der Waals surface area (Å²) in [4.78, 5) is 24.8. The summed E-state index contributed by atoms with van der Waals surface area (Å²) in [5.41, 5.74) is 1.23. The fourth-order valence-electron chi connectivity index (χ4n) is 2.06. The van der Waals surface area contributed by atoms with Gasteiger partial charge < -0.3 is 10.0 Å². The molecule has 0 aliphatic carbocycles. The summed E-state index contributed by atoms with van der Waals surface area (Å²) in [5.74, 6) is -1.31. The molecule has 0 aliphatic rings. The van der Waals surface area contributed by atoms with E-state index in [1.54, 1.807) is 41.3 Å². The predicted molar refractivity (Wildman–Crippen MR) is 79.8 cm³/mol. The van der Waals surface area contributed by atoms with Gasteiger partial charge in [-0.2, -0.15) is 0 Å². The number of benzene rings is 1.